The van der Waals surface area contributed by atoms with Gasteiger partial charge in [0.15, 0.2) is 0 Å². The van der Waals surface area contributed by atoms with E-state index in [9.17, 15) is 18.3 Å². The highest BCUT2D eigenvalue weighted by Crippen LogP contribution is 2.36. The molecule has 0 fully saturated rings. The molecule has 0 saturated carbocycles. The molecule has 0 bridgehead atoms. The molecule has 2 heterocycles. The Labute approximate surface area is 146 Å². The number of halogens is 3. The Morgan fingerprint density at radius 3 is 2.58 bits per heavy atom. The molecule has 2 aromatic heterocycles. The van der Waals surface area contributed by atoms with E-state index in [1.807, 2.05) is 6.07 Å². The minimum Gasteiger partial charge on any atom is -0.507 e. The third kappa shape index (κ3) is 3.88. The number of nitrogens with one attached hydrogen (secondary N) is 1. The number of phenols is 1. The smallest absolute Gasteiger partial charge is 0.416 e. The standard InChI is InChI=1S/C17H14F3N5O/c1-10-15(13-5-4-12(7-14(13)26)17(18,19)20)24-25-16(23-10)22-9-11-3-2-6-21-8-11/h2-8,26H,9H2,1H3,(H,22,23,25). The molecule has 0 amide bonds. The molecule has 9 heteroatoms. The van der Waals surface area contributed by atoms with Gasteiger partial charge in [-0.15, -0.1) is 10.2 Å². The van der Waals surface area contributed by atoms with Crippen LogP contribution in [0.2, 0.25) is 0 Å². The first kappa shape index (κ1) is 17.6. The van der Waals surface area contributed by atoms with Crippen LogP contribution in [0.25, 0.3) is 11.3 Å². The fourth-order valence-corrected chi connectivity index (χ4v) is 2.32. The zero-order valence-electron chi connectivity index (χ0n) is 13.6. The first-order valence-corrected chi connectivity index (χ1v) is 7.59. The Bertz CT molecular complexity index is 916. The van der Waals surface area contributed by atoms with Crippen LogP contribution in [0.5, 0.6) is 5.75 Å². The second-order valence-corrected chi connectivity index (χ2v) is 5.51. The molecule has 2 N–H and O–H groups in total. The van der Waals surface area contributed by atoms with Crippen LogP contribution in [0, 0.1) is 6.92 Å². The quantitative estimate of drug-likeness (QED) is 0.739. The summed E-state index contributed by atoms with van der Waals surface area (Å²) >= 11 is 0. The van der Waals surface area contributed by atoms with Gasteiger partial charge >= 0.3 is 6.18 Å². The molecule has 3 rings (SSSR count). The minimum atomic E-state index is -4.53. The average molecular weight is 361 g/mol. The van der Waals surface area contributed by atoms with E-state index in [0.717, 1.165) is 17.7 Å². The summed E-state index contributed by atoms with van der Waals surface area (Å²) in [6.45, 7) is 2.08. The zero-order chi connectivity index (χ0) is 18.7. The van der Waals surface area contributed by atoms with Gasteiger partial charge in [-0.25, -0.2) is 4.98 Å². The SMILES string of the molecule is Cc1nc(NCc2cccnc2)nnc1-c1ccc(C(F)(F)F)cc1O. The van der Waals surface area contributed by atoms with Crippen molar-refractivity contribution >= 4 is 5.95 Å². The maximum atomic E-state index is 12.7. The molecule has 0 unspecified atom stereocenters. The van der Waals surface area contributed by atoms with Gasteiger partial charge in [-0.05, 0) is 36.8 Å². The Morgan fingerprint density at radius 1 is 1.15 bits per heavy atom. The van der Waals surface area contributed by atoms with Crippen LogP contribution in [0.1, 0.15) is 16.8 Å². The Kier molecular flexibility index (Phi) is 4.70. The van der Waals surface area contributed by atoms with Gasteiger partial charge in [0, 0.05) is 24.5 Å². The van der Waals surface area contributed by atoms with E-state index in [4.69, 9.17) is 0 Å². The highest BCUT2D eigenvalue weighted by molar-refractivity contribution is 5.69. The second kappa shape index (κ2) is 6.95. The molecule has 134 valence electrons. The lowest BCUT2D eigenvalue weighted by Crippen LogP contribution is -2.08. The van der Waals surface area contributed by atoms with Crippen molar-refractivity contribution in [3.8, 4) is 17.0 Å². The zero-order valence-corrected chi connectivity index (χ0v) is 13.6. The molecule has 0 aliphatic rings. The summed E-state index contributed by atoms with van der Waals surface area (Å²) in [7, 11) is 0. The van der Waals surface area contributed by atoms with Gasteiger partial charge in [-0.1, -0.05) is 6.07 Å². The lowest BCUT2D eigenvalue weighted by Gasteiger charge is -2.11. The van der Waals surface area contributed by atoms with E-state index in [1.54, 1.807) is 25.4 Å². The van der Waals surface area contributed by atoms with Gasteiger partial charge in [0.2, 0.25) is 5.95 Å². The third-order valence-corrected chi connectivity index (χ3v) is 3.61. The van der Waals surface area contributed by atoms with Crippen LogP contribution in [-0.4, -0.2) is 25.3 Å². The van der Waals surface area contributed by atoms with Gasteiger partial charge < -0.3 is 10.4 Å². The summed E-state index contributed by atoms with van der Waals surface area (Å²) < 4.78 is 38.1. The molecular weight excluding hydrogens is 347 g/mol. The van der Waals surface area contributed by atoms with Crippen molar-refractivity contribution in [1.29, 1.82) is 0 Å². The van der Waals surface area contributed by atoms with Crippen LogP contribution in [-0.2, 0) is 12.7 Å². The fourth-order valence-electron chi connectivity index (χ4n) is 2.32. The van der Waals surface area contributed by atoms with Crippen LogP contribution in [0.4, 0.5) is 19.1 Å². The van der Waals surface area contributed by atoms with Crippen LogP contribution in [0.3, 0.4) is 0 Å². The third-order valence-electron chi connectivity index (χ3n) is 3.61. The molecule has 0 aliphatic heterocycles. The van der Waals surface area contributed by atoms with E-state index in [1.165, 1.54) is 0 Å². The van der Waals surface area contributed by atoms with Gasteiger partial charge in [0.25, 0.3) is 0 Å². The van der Waals surface area contributed by atoms with Gasteiger partial charge in [0.05, 0.1) is 11.3 Å². The number of aromatic hydroxyl groups is 1. The Morgan fingerprint density at radius 2 is 1.96 bits per heavy atom. The summed E-state index contributed by atoms with van der Waals surface area (Å²) in [5, 5.41) is 20.8. The molecule has 0 radical (unpaired) electrons. The molecule has 3 aromatic rings. The van der Waals surface area contributed by atoms with E-state index in [-0.39, 0.29) is 17.2 Å². The molecule has 0 atom stereocenters. The maximum Gasteiger partial charge on any atom is 0.416 e. The van der Waals surface area contributed by atoms with Crippen LogP contribution < -0.4 is 5.32 Å². The number of benzene rings is 1. The largest absolute Gasteiger partial charge is 0.507 e. The summed E-state index contributed by atoms with van der Waals surface area (Å²) in [6.07, 6.45) is -1.17. The number of nitrogens with zero attached hydrogens (tertiary/aromatic N) is 4. The summed E-state index contributed by atoms with van der Waals surface area (Å²) in [6, 6.07) is 6.38. The van der Waals surface area contributed by atoms with E-state index < -0.39 is 17.5 Å². The van der Waals surface area contributed by atoms with Gasteiger partial charge in [-0.2, -0.15) is 13.2 Å². The van der Waals surface area contributed by atoms with Crippen molar-refractivity contribution in [2.45, 2.75) is 19.6 Å². The van der Waals surface area contributed by atoms with E-state index >= 15 is 0 Å². The predicted molar refractivity (Wildman–Crippen MR) is 88.2 cm³/mol. The Hall–Kier alpha value is -3.23. The van der Waals surface area contributed by atoms with E-state index in [0.29, 0.717) is 18.3 Å². The van der Waals surface area contributed by atoms with Gasteiger partial charge in [-0.3, -0.25) is 4.98 Å². The van der Waals surface area contributed by atoms with Crippen molar-refractivity contribution in [2.24, 2.45) is 0 Å². The van der Waals surface area contributed by atoms with Crippen molar-refractivity contribution in [2.75, 3.05) is 5.32 Å². The first-order valence-electron chi connectivity index (χ1n) is 7.59. The summed E-state index contributed by atoms with van der Waals surface area (Å²) in [5.74, 6) is -0.267. The number of aryl methyl sites for hydroxylation is 1. The topological polar surface area (TPSA) is 83.8 Å². The molecule has 0 saturated heterocycles. The minimum absolute atomic E-state index is 0.134. The number of alkyl halides is 3. The predicted octanol–water partition coefficient (Wildman–Crippen LogP) is 3.58. The van der Waals surface area contributed by atoms with Crippen molar-refractivity contribution in [1.82, 2.24) is 20.2 Å². The molecule has 26 heavy (non-hydrogen) atoms. The average Bonchev–Trinajstić information content (AvgIpc) is 2.60. The number of aromatic nitrogens is 4. The fraction of sp³-hybridized carbons (Fsp3) is 0.176. The van der Waals surface area contributed by atoms with Gasteiger partial charge in [0.1, 0.15) is 11.4 Å². The molecular formula is C17H14F3N5O. The normalized spacial score (nSPS) is 11.4. The van der Waals surface area contributed by atoms with E-state index in [2.05, 4.69) is 25.5 Å². The second-order valence-electron chi connectivity index (χ2n) is 5.51. The van der Waals surface area contributed by atoms with Crippen LogP contribution in [0.15, 0.2) is 42.7 Å². The Balaban J connectivity index is 1.81. The monoisotopic (exact) mass is 361 g/mol. The molecule has 6 nitrogen and oxygen atoms in total. The number of anilines is 1. The van der Waals surface area contributed by atoms with Crippen LogP contribution >= 0.6 is 0 Å². The summed E-state index contributed by atoms with van der Waals surface area (Å²) in [4.78, 5) is 8.24. The number of pyridine rings is 1. The highest BCUT2D eigenvalue weighted by atomic mass is 19.4. The summed E-state index contributed by atoms with van der Waals surface area (Å²) in [5.41, 5.74) is 0.756. The highest BCUT2D eigenvalue weighted by Gasteiger charge is 2.31. The first-order chi connectivity index (χ1) is 12.3. The lowest BCUT2D eigenvalue weighted by molar-refractivity contribution is -0.137. The number of phenolic OH excluding ortho intramolecular Hbond substituents is 1. The number of hydrogen-bond donors (Lipinski definition) is 2. The van der Waals surface area contributed by atoms with Crippen molar-refractivity contribution in [3.63, 3.8) is 0 Å². The number of hydrogen-bond acceptors (Lipinski definition) is 6. The molecule has 1 aromatic carbocycles. The van der Waals surface area contributed by atoms with Crippen molar-refractivity contribution in [3.05, 3.63) is 59.5 Å². The molecule has 0 aliphatic carbocycles. The maximum absolute atomic E-state index is 12.7. The lowest BCUT2D eigenvalue weighted by atomic mass is 10.1. The molecule has 0 spiro atoms. The number of rotatable bonds is 4. The van der Waals surface area contributed by atoms with Crippen molar-refractivity contribution < 1.29 is 18.3 Å².